The minimum absolute atomic E-state index is 0.0994. The fourth-order valence-corrected chi connectivity index (χ4v) is 3.08. The molecule has 1 saturated heterocycles. The number of carbonyl (C=O) groups excluding carboxylic acids is 3. The second-order valence-corrected chi connectivity index (χ2v) is 6.65. The summed E-state index contributed by atoms with van der Waals surface area (Å²) in [5, 5.41) is 5.88. The first-order chi connectivity index (χ1) is 13.0. The maximum atomic E-state index is 12.2. The van der Waals surface area contributed by atoms with Crippen LogP contribution in [0, 0.1) is 0 Å². The van der Waals surface area contributed by atoms with Crippen LogP contribution in [0.2, 0.25) is 5.02 Å². The molecule has 0 atom stereocenters. The molecule has 3 rings (SSSR count). The minimum atomic E-state index is -0.345. The lowest BCUT2D eigenvalue weighted by Crippen LogP contribution is -2.36. The highest BCUT2D eigenvalue weighted by Gasteiger charge is 2.21. The van der Waals surface area contributed by atoms with Gasteiger partial charge in [0, 0.05) is 35.8 Å². The summed E-state index contributed by atoms with van der Waals surface area (Å²) in [6.07, 6.45) is 1.41. The van der Waals surface area contributed by atoms with Crippen molar-refractivity contribution in [2.45, 2.75) is 19.4 Å². The average molecular weight is 386 g/mol. The summed E-state index contributed by atoms with van der Waals surface area (Å²) >= 11 is 6.04. The van der Waals surface area contributed by atoms with Crippen molar-refractivity contribution >= 4 is 35.0 Å². The van der Waals surface area contributed by atoms with Crippen LogP contribution in [-0.2, 0) is 16.1 Å². The third kappa shape index (κ3) is 4.86. The molecule has 140 valence electrons. The molecule has 1 fully saturated rings. The van der Waals surface area contributed by atoms with Gasteiger partial charge in [-0.05, 0) is 42.3 Å². The highest BCUT2D eigenvalue weighted by atomic mass is 35.5. The first kappa shape index (κ1) is 18.9. The number of hydrogen-bond acceptors (Lipinski definition) is 3. The van der Waals surface area contributed by atoms with E-state index in [4.69, 9.17) is 11.6 Å². The molecule has 0 saturated carbocycles. The summed E-state index contributed by atoms with van der Waals surface area (Å²) in [4.78, 5) is 37.6. The highest BCUT2D eigenvalue weighted by molar-refractivity contribution is 6.31. The molecule has 0 spiro atoms. The molecular formula is C20H20ClN3O3. The molecule has 0 aromatic heterocycles. The molecule has 3 amide bonds. The number of benzene rings is 2. The van der Waals surface area contributed by atoms with E-state index < -0.39 is 0 Å². The number of hydrogen-bond donors (Lipinski definition) is 2. The topological polar surface area (TPSA) is 78.5 Å². The molecule has 7 heteroatoms. The van der Waals surface area contributed by atoms with Gasteiger partial charge in [-0.25, -0.2) is 0 Å². The van der Waals surface area contributed by atoms with E-state index in [0.29, 0.717) is 30.1 Å². The van der Waals surface area contributed by atoms with E-state index in [2.05, 4.69) is 10.6 Å². The Morgan fingerprint density at radius 1 is 1.04 bits per heavy atom. The number of nitrogens with zero attached hydrogens (tertiary/aromatic N) is 1. The molecular weight excluding hydrogens is 366 g/mol. The van der Waals surface area contributed by atoms with E-state index in [-0.39, 0.29) is 24.3 Å². The third-order valence-corrected chi connectivity index (χ3v) is 4.73. The van der Waals surface area contributed by atoms with Crippen LogP contribution in [-0.4, -0.2) is 30.8 Å². The van der Waals surface area contributed by atoms with E-state index >= 15 is 0 Å². The fourth-order valence-electron chi connectivity index (χ4n) is 2.87. The number of amides is 3. The normalized spacial score (nSPS) is 13.5. The van der Waals surface area contributed by atoms with Gasteiger partial charge in [-0.15, -0.1) is 0 Å². The van der Waals surface area contributed by atoms with E-state index in [1.54, 1.807) is 35.2 Å². The predicted octanol–water partition coefficient (Wildman–Crippen LogP) is 2.51. The van der Waals surface area contributed by atoms with Gasteiger partial charge in [0.1, 0.15) is 0 Å². The Kier molecular flexibility index (Phi) is 6.08. The molecule has 0 unspecified atom stereocenters. The maximum absolute atomic E-state index is 12.2. The Labute approximate surface area is 162 Å². The molecule has 2 aromatic rings. The second kappa shape index (κ2) is 8.68. The summed E-state index contributed by atoms with van der Waals surface area (Å²) in [6, 6.07) is 14.0. The quantitative estimate of drug-likeness (QED) is 0.802. The average Bonchev–Trinajstić information content (AvgIpc) is 3.11. The maximum Gasteiger partial charge on any atom is 0.251 e. The Hall–Kier alpha value is -2.86. The third-order valence-electron chi connectivity index (χ3n) is 4.36. The summed E-state index contributed by atoms with van der Waals surface area (Å²) in [6.45, 7) is 0.874. The van der Waals surface area contributed by atoms with E-state index in [1.807, 2.05) is 18.2 Å². The van der Waals surface area contributed by atoms with Gasteiger partial charge >= 0.3 is 0 Å². The molecule has 1 heterocycles. The Balaban J connectivity index is 1.48. The molecule has 0 bridgehead atoms. The van der Waals surface area contributed by atoms with Crippen LogP contribution in [0.15, 0.2) is 48.5 Å². The van der Waals surface area contributed by atoms with Crippen molar-refractivity contribution in [1.29, 1.82) is 0 Å². The van der Waals surface area contributed by atoms with Gasteiger partial charge in [0.05, 0.1) is 6.54 Å². The first-order valence-corrected chi connectivity index (χ1v) is 9.11. The van der Waals surface area contributed by atoms with Crippen LogP contribution < -0.4 is 15.5 Å². The van der Waals surface area contributed by atoms with Crippen LogP contribution in [0.3, 0.4) is 0 Å². The van der Waals surface area contributed by atoms with Crippen LogP contribution in [0.4, 0.5) is 5.69 Å². The minimum Gasteiger partial charge on any atom is -0.350 e. The lowest BCUT2D eigenvalue weighted by atomic mass is 10.2. The Morgan fingerprint density at radius 3 is 2.44 bits per heavy atom. The zero-order valence-electron chi connectivity index (χ0n) is 14.7. The molecule has 1 aliphatic heterocycles. The molecule has 2 N–H and O–H groups in total. The zero-order valence-corrected chi connectivity index (χ0v) is 15.5. The van der Waals surface area contributed by atoms with Gasteiger partial charge in [0.15, 0.2) is 0 Å². The Morgan fingerprint density at radius 2 is 1.78 bits per heavy atom. The van der Waals surface area contributed by atoms with Crippen molar-refractivity contribution in [3.05, 3.63) is 64.7 Å². The smallest absolute Gasteiger partial charge is 0.251 e. The van der Waals surface area contributed by atoms with Gasteiger partial charge in [-0.3, -0.25) is 14.4 Å². The fraction of sp³-hybridized carbons (Fsp3) is 0.250. The monoisotopic (exact) mass is 385 g/mol. The van der Waals surface area contributed by atoms with E-state index in [0.717, 1.165) is 17.7 Å². The number of halogens is 1. The van der Waals surface area contributed by atoms with Crippen LogP contribution in [0.25, 0.3) is 0 Å². The van der Waals surface area contributed by atoms with Gasteiger partial charge in [-0.1, -0.05) is 29.8 Å². The van der Waals surface area contributed by atoms with Crippen molar-refractivity contribution in [1.82, 2.24) is 10.6 Å². The molecule has 27 heavy (non-hydrogen) atoms. The van der Waals surface area contributed by atoms with Crippen molar-refractivity contribution in [2.24, 2.45) is 0 Å². The molecule has 2 aromatic carbocycles. The summed E-state index contributed by atoms with van der Waals surface area (Å²) in [5.74, 6) is -0.549. The van der Waals surface area contributed by atoms with Crippen LogP contribution >= 0.6 is 11.6 Å². The lowest BCUT2D eigenvalue weighted by molar-refractivity contribution is -0.120. The number of rotatable bonds is 6. The van der Waals surface area contributed by atoms with Gasteiger partial charge < -0.3 is 15.5 Å². The van der Waals surface area contributed by atoms with Crippen LogP contribution in [0.5, 0.6) is 0 Å². The summed E-state index contributed by atoms with van der Waals surface area (Å²) in [5.41, 5.74) is 2.03. The standard InChI is InChI=1S/C20H20ClN3O3/c21-17-5-2-1-4-15(17)12-22-18(25)13-23-20(27)14-7-9-16(10-8-14)24-11-3-6-19(24)26/h1-2,4-5,7-10H,3,6,11-13H2,(H,22,25)(H,23,27). The van der Waals surface area contributed by atoms with E-state index in [1.165, 1.54) is 0 Å². The SMILES string of the molecule is O=C(CNC(=O)c1ccc(N2CCCC2=O)cc1)NCc1ccccc1Cl. The van der Waals surface area contributed by atoms with Gasteiger partial charge in [0.25, 0.3) is 5.91 Å². The predicted molar refractivity (Wildman–Crippen MR) is 104 cm³/mol. The number of anilines is 1. The molecule has 0 aliphatic carbocycles. The first-order valence-electron chi connectivity index (χ1n) is 8.73. The van der Waals surface area contributed by atoms with Crippen molar-refractivity contribution in [3.8, 4) is 0 Å². The lowest BCUT2D eigenvalue weighted by Gasteiger charge is -2.15. The van der Waals surface area contributed by atoms with Crippen LogP contribution in [0.1, 0.15) is 28.8 Å². The van der Waals surface area contributed by atoms with Gasteiger partial charge in [-0.2, -0.15) is 0 Å². The highest BCUT2D eigenvalue weighted by Crippen LogP contribution is 2.21. The van der Waals surface area contributed by atoms with Crippen molar-refractivity contribution < 1.29 is 14.4 Å². The number of nitrogens with one attached hydrogen (secondary N) is 2. The van der Waals surface area contributed by atoms with Crippen molar-refractivity contribution in [3.63, 3.8) is 0 Å². The van der Waals surface area contributed by atoms with E-state index in [9.17, 15) is 14.4 Å². The summed E-state index contributed by atoms with van der Waals surface area (Å²) < 4.78 is 0. The second-order valence-electron chi connectivity index (χ2n) is 6.25. The number of carbonyl (C=O) groups is 3. The largest absolute Gasteiger partial charge is 0.350 e. The molecule has 0 radical (unpaired) electrons. The summed E-state index contributed by atoms with van der Waals surface area (Å²) in [7, 11) is 0. The molecule has 1 aliphatic rings. The zero-order chi connectivity index (χ0) is 19.2. The Bertz CT molecular complexity index is 852. The van der Waals surface area contributed by atoms with Gasteiger partial charge in [0.2, 0.25) is 11.8 Å². The molecule has 6 nitrogen and oxygen atoms in total. The van der Waals surface area contributed by atoms with Crippen molar-refractivity contribution in [2.75, 3.05) is 18.0 Å².